The van der Waals surface area contributed by atoms with Gasteiger partial charge in [0.2, 0.25) is 0 Å². The van der Waals surface area contributed by atoms with Crippen LogP contribution in [-0.4, -0.2) is 33.9 Å². The third-order valence-corrected chi connectivity index (χ3v) is 5.70. The number of hydrogen-bond acceptors (Lipinski definition) is 3. The lowest BCUT2D eigenvalue weighted by molar-refractivity contribution is -0.957. The molecule has 3 atom stereocenters. The van der Waals surface area contributed by atoms with E-state index in [0.717, 1.165) is 43.2 Å². The molecule has 5 heteroatoms. The maximum absolute atomic E-state index is 5.58. The monoisotopic (exact) mass is 372 g/mol. The Hall–Kier alpha value is -2.24. The molecule has 146 valence electrons. The van der Waals surface area contributed by atoms with E-state index in [4.69, 9.17) is 14.2 Å². The highest BCUT2D eigenvalue weighted by Gasteiger charge is 2.38. The van der Waals surface area contributed by atoms with Gasteiger partial charge in [-0.15, -0.1) is 0 Å². The highest BCUT2D eigenvalue weighted by atomic mass is 16.5. The van der Waals surface area contributed by atoms with Crippen LogP contribution in [0.4, 0.5) is 0 Å². The van der Waals surface area contributed by atoms with Crippen LogP contribution in [0.1, 0.15) is 36.1 Å². The SMILES string of the molecule is CC[C@H]([NH3+])[C@H]1c2cc(OC)c(OC)cc2CC[NH+]1Cc1cccc(OC)c1. The molecule has 0 aromatic heterocycles. The molecule has 5 nitrogen and oxygen atoms in total. The minimum atomic E-state index is 0.336. The van der Waals surface area contributed by atoms with Crippen LogP contribution in [0.25, 0.3) is 0 Å². The van der Waals surface area contributed by atoms with Crippen molar-refractivity contribution in [3.8, 4) is 17.2 Å². The number of quaternary nitrogens is 2. The second-order valence-electron chi connectivity index (χ2n) is 7.24. The topological polar surface area (TPSA) is 59.8 Å². The van der Waals surface area contributed by atoms with Crippen molar-refractivity contribution in [3.63, 3.8) is 0 Å². The van der Waals surface area contributed by atoms with Gasteiger partial charge < -0.3 is 24.8 Å². The van der Waals surface area contributed by atoms with Crippen LogP contribution in [0.3, 0.4) is 0 Å². The molecular formula is C22H32N2O3+2. The van der Waals surface area contributed by atoms with Gasteiger partial charge in [0.25, 0.3) is 0 Å². The van der Waals surface area contributed by atoms with Gasteiger partial charge in [-0.05, 0) is 29.8 Å². The van der Waals surface area contributed by atoms with Gasteiger partial charge in [-0.2, -0.15) is 0 Å². The normalized spacial score (nSPS) is 19.9. The minimum absolute atomic E-state index is 0.336. The summed E-state index contributed by atoms with van der Waals surface area (Å²) in [4.78, 5) is 1.55. The van der Waals surface area contributed by atoms with E-state index < -0.39 is 0 Å². The van der Waals surface area contributed by atoms with Crippen molar-refractivity contribution in [1.82, 2.24) is 0 Å². The first kappa shape index (κ1) is 19.5. The Labute approximate surface area is 162 Å². The predicted octanol–water partition coefficient (Wildman–Crippen LogP) is 1.42. The van der Waals surface area contributed by atoms with Crippen LogP contribution in [0, 0.1) is 0 Å². The molecule has 27 heavy (non-hydrogen) atoms. The van der Waals surface area contributed by atoms with Gasteiger partial charge in [0.1, 0.15) is 18.3 Å². The van der Waals surface area contributed by atoms with Crippen molar-refractivity contribution < 1.29 is 24.8 Å². The molecule has 3 rings (SSSR count). The van der Waals surface area contributed by atoms with Crippen molar-refractivity contribution in [2.45, 2.75) is 38.4 Å². The first-order valence-corrected chi connectivity index (χ1v) is 9.66. The predicted molar refractivity (Wildman–Crippen MR) is 105 cm³/mol. The first-order valence-electron chi connectivity index (χ1n) is 9.66. The summed E-state index contributed by atoms with van der Waals surface area (Å²) >= 11 is 0. The fourth-order valence-corrected chi connectivity index (χ4v) is 4.18. The Bertz CT molecular complexity index is 778. The third kappa shape index (κ3) is 4.04. The van der Waals surface area contributed by atoms with Crippen molar-refractivity contribution >= 4 is 0 Å². The molecule has 4 N–H and O–H groups in total. The maximum Gasteiger partial charge on any atom is 0.166 e. The second-order valence-corrected chi connectivity index (χ2v) is 7.24. The van der Waals surface area contributed by atoms with E-state index in [2.05, 4.69) is 43.0 Å². The third-order valence-electron chi connectivity index (χ3n) is 5.70. The van der Waals surface area contributed by atoms with E-state index in [1.54, 1.807) is 26.2 Å². The smallest absolute Gasteiger partial charge is 0.166 e. The van der Waals surface area contributed by atoms with E-state index >= 15 is 0 Å². The molecule has 0 spiro atoms. The summed E-state index contributed by atoms with van der Waals surface area (Å²) in [6.07, 6.45) is 2.07. The van der Waals surface area contributed by atoms with Crippen molar-refractivity contribution in [3.05, 3.63) is 53.1 Å². The Balaban J connectivity index is 1.96. The molecule has 2 aromatic rings. The Morgan fingerprint density at radius 3 is 2.48 bits per heavy atom. The lowest BCUT2D eigenvalue weighted by atomic mass is 9.86. The zero-order valence-corrected chi connectivity index (χ0v) is 16.9. The molecule has 0 fully saturated rings. The molecule has 0 radical (unpaired) electrons. The number of ether oxygens (including phenoxy) is 3. The summed E-state index contributed by atoms with van der Waals surface area (Å²) in [7, 11) is 5.11. The van der Waals surface area contributed by atoms with Crippen LogP contribution in [-0.2, 0) is 13.0 Å². The highest BCUT2D eigenvalue weighted by Crippen LogP contribution is 2.35. The summed E-state index contributed by atoms with van der Waals surface area (Å²) < 4.78 is 16.5. The highest BCUT2D eigenvalue weighted by molar-refractivity contribution is 5.49. The zero-order chi connectivity index (χ0) is 19.4. The van der Waals surface area contributed by atoms with Crippen LogP contribution < -0.4 is 24.8 Å². The summed E-state index contributed by atoms with van der Waals surface area (Å²) in [6.45, 7) is 4.26. The molecule has 1 aliphatic rings. The van der Waals surface area contributed by atoms with Crippen molar-refractivity contribution in [1.29, 1.82) is 0 Å². The zero-order valence-electron chi connectivity index (χ0n) is 16.9. The fourth-order valence-electron chi connectivity index (χ4n) is 4.18. The van der Waals surface area contributed by atoms with E-state index in [9.17, 15) is 0 Å². The molecule has 0 aliphatic carbocycles. The molecule has 0 bridgehead atoms. The van der Waals surface area contributed by atoms with Gasteiger partial charge in [-0.1, -0.05) is 19.1 Å². The summed E-state index contributed by atoms with van der Waals surface area (Å²) in [5.41, 5.74) is 8.48. The largest absolute Gasteiger partial charge is 0.497 e. The summed E-state index contributed by atoms with van der Waals surface area (Å²) in [5, 5.41) is 0. The molecule has 1 heterocycles. The number of benzene rings is 2. The molecule has 0 amide bonds. The number of fused-ring (bicyclic) bond motifs is 1. The van der Waals surface area contributed by atoms with Gasteiger partial charge in [0.15, 0.2) is 17.5 Å². The second kappa shape index (κ2) is 8.63. The Morgan fingerprint density at radius 2 is 1.81 bits per heavy atom. The van der Waals surface area contributed by atoms with Gasteiger partial charge in [-0.25, -0.2) is 0 Å². The molecule has 0 saturated heterocycles. The van der Waals surface area contributed by atoms with Gasteiger partial charge in [0, 0.05) is 24.0 Å². The lowest BCUT2D eigenvalue weighted by Gasteiger charge is -2.36. The van der Waals surface area contributed by atoms with Crippen LogP contribution in [0.5, 0.6) is 17.2 Å². The molecule has 1 unspecified atom stereocenters. The van der Waals surface area contributed by atoms with Gasteiger partial charge in [-0.3, -0.25) is 0 Å². The summed E-state index contributed by atoms with van der Waals surface area (Å²) in [5.74, 6) is 2.52. The summed E-state index contributed by atoms with van der Waals surface area (Å²) in [6, 6.07) is 13.4. The van der Waals surface area contributed by atoms with E-state index in [-0.39, 0.29) is 0 Å². The Morgan fingerprint density at radius 1 is 1.07 bits per heavy atom. The van der Waals surface area contributed by atoms with Crippen molar-refractivity contribution in [2.24, 2.45) is 0 Å². The fraction of sp³-hybridized carbons (Fsp3) is 0.455. The standard InChI is InChI=1S/C22H30N2O3/c1-5-19(23)22-18-13-21(27-4)20(26-3)12-16(18)9-10-24(22)14-15-7-6-8-17(11-15)25-2/h6-8,11-13,19,22H,5,9-10,14,23H2,1-4H3/p+2/t19-,22+/m0/s1. The van der Waals surface area contributed by atoms with Crippen molar-refractivity contribution in [2.75, 3.05) is 27.9 Å². The van der Waals surface area contributed by atoms with E-state index in [1.807, 2.05) is 6.07 Å². The van der Waals surface area contributed by atoms with Crippen LogP contribution in [0.2, 0.25) is 0 Å². The molecular weight excluding hydrogens is 340 g/mol. The molecule has 1 aliphatic heterocycles. The average Bonchev–Trinajstić information content (AvgIpc) is 2.72. The van der Waals surface area contributed by atoms with Crippen LogP contribution in [0.15, 0.2) is 36.4 Å². The molecule has 0 saturated carbocycles. The van der Waals surface area contributed by atoms with Gasteiger partial charge >= 0.3 is 0 Å². The molecule has 2 aromatic carbocycles. The number of rotatable bonds is 7. The van der Waals surface area contributed by atoms with Gasteiger partial charge in [0.05, 0.1) is 27.9 Å². The minimum Gasteiger partial charge on any atom is -0.497 e. The average molecular weight is 373 g/mol. The Kier molecular flexibility index (Phi) is 6.24. The number of hydrogen-bond donors (Lipinski definition) is 2. The first-order chi connectivity index (χ1) is 13.1. The van der Waals surface area contributed by atoms with E-state index in [1.165, 1.54) is 16.7 Å². The number of nitrogens with one attached hydrogen (secondary N) is 1. The van der Waals surface area contributed by atoms with E-state index in [0.29, 0.717) is 12.1 Å². The van der Waals surface area contributed by atoms with Crippen LogP contribution >= 0.6 is 0 Å². The quantitative estimate of drug-likeness (QED) is 0.773. The lowest BCUT2D eigenvalue weighted by Crippen LogP contribution is -3.14. The maximum atomic E-state index is 5.58. The number of methoxy groups -OCH3 is 3.